The highest BCUT2D eigenvalue weighted by Gasteiger charge is 2.19. The molecule has 0 heterocycles. The maximum absolute atomic E-state index is 12.9. The number of allylic oxidation sites excluding steroid dienone is 2. The quantitative estimate of drug-likeness (QED) is 0.779. The molecule has 0 aliphatic heterocycles. The molecule has 1 aromatic rings. The first-order valence-electron chi connectivity index (χ1n) is 5.89. The molecule has 0 aromatic heterocycles. The van der Waals surface area contributed by atoms with Gasteiger partial charge in [-0.25, -0.2) is 4.39 Å². The molecule has 2 nitrogen and oxygen atoms in total. The van der Waals surface area contributed by atoms with Gasteiger partial charge in [-0.2, -0.15) is 0 Å². The van der Waals surface area contributed by atoms with Crippen LogP contribution in [0.1, 0.15) is 24.8 Å². The first-order valence-corrected chi connectivity index (χ1v) is 5.89. The number of carbonyl (C=O) groups is 1. The van der Waals surface area contributed by atoms with E-state index in [1.54, 1.807) is 13.0 Å². The monoisotopic (exact) mass is 233 g/mol. The molecule has 0 saturated heterocycles. The third-order valence-electron chi connectivity index (χ3n) is 3.09. The van der Waals surface area contributed by atoms with Crippen LogP contribution < -0.4 is 5.32 Å². The summed E-state index contributed by atoms with van der Waals surface area (Å²) in [5, 5.41) is 2.87. The van der Waals surface area contributed by atoms with E-state index in [1.165, 1.54) is 12.1 Å². The van der Waals surface area contributed by atoms with Gasteiger partial charge in [-0.05, 0) is 49.9 Å². The minimum absolute atomic E-state index is 0.0315. The number of carbonyl (C=O) groups excluding carboxylic acids is 1. The Labute approximate surface area is 101 Å². The zero-order valence-electron chi connectivity index (χ0n) is 9.87. The fourth-order valence-corrected chi connectivity index (χ4v) is 2.03. The smallest absolute Gasteiger partial charge is 0.227 e. The third kappa shape index (κ3) is 2.93. The van der Waals surface area contributed by atoms with Gasteiger partial charge in [0.1, 0.15) is 5.82 Å². The first-order chi connectivity index (χ1) is 8.16. The van der Waals surface area contributed by atoms with Crippen molar-refractivity contribution in [3.05, 3.63) is 41.7 Å². The Morgan fingerprint density at radius 3 is 2.88 bits per heavy atom. The Hall–Kier alpha value is -1.64. The summed E-state index contributed by atoms with van der Waals surface area (Å²) in [5.41, 5.74) is 1.45. The lowest BCUT2D eigenvalue weighted by Gasteiger charge is -2.18. The fourth-order valence-electron chi connectivity index (χ4n) is 2.03. The molecule has 0 radical (unpaired) electrons. The molecule has 0 bridgehead atoms. The second-order valence-corrected chi connectivity index (χ2v) is 4.43. The van der Waals surface area contributed by atoms with Crippen LogP contribution in [0.15, 0.2) is 30.4 Å². The summed E-state index contributed by atoms with van der Waals surface area (Å²) in [6.07, 6.45) is 6.80. The first kappa shape index (κ1) is 11.8. The number of hydrogen-bond acceptors (Lipinski definition) is 1. The Morgan fingerprint density at radius 1 is 1.41 bits per heavy atom. The molecule has 1 amide bonds. The molecule has 90 valence electrons. The van der Waals surface area contributed by atoms with E-state index in [1.807, 2.05) is 6.08 Å². The second-order valence-electron chi connectivity index (χ2n) is 4.43. The summed E-state index contributed by atoms with van der Waals surface area (Å²) in [5.74, 6) is -0.199. The second kappa shape index (κ2) is 5.13. The van der Waals surface area contributed by atoms with Crippen molar-refractivity contribution in [2.75, 3.05) is 5.32 Å². The summed E-state index contributed by atoms with van der Waals surface area (Å²) in [6, 6.07) is 4.40. The Kier molecular flexibility index (Phi) is 3.57. The number of anilines is 1. The summed E-state index contributed by atoms with van der Waals surface area (Å²) in [6.45, 7) is 1.79. The number of nitrogens with one attached hydrogen (secondary N) is 1. The topological polar surface area (TPSA) is 29.1 Å². The van der Waals surface area contributed by atoms with Gasteiger partial charge in [0.25, 0.3) is 0 Å². The van der Waals surface area contributed by atoms with E-state index in [0.29, 0.717) is 5.69 Å². The molecular formula is C14H16FNO. The van der Waals surface area contributed by atoms with Crippen molar-refractivity contribution < 1.29 is 9.18 Å². The van der Waals surface area contributed by atoms with Gasteiger partial charge in [-0.1, -0.05) is 12.2 Å². The highest BCUT2D eigenvalue weighted by molar-refractivity contribution is 5.93. The van der Waals surface area contributed by atoms with Gasteiger partial charge < -0.3 is 5.32 Å². The molecule has 1 aliphatic carbocycles. The van der Waals surface area contributed by atoms with Crippen LogP contribution in [0.4, 0.5) is 10.1 Å². The number of halogens is 1. The van der Waals surface area contributed by atoms with Crippen LogP contribution in [0.3, 0.4) is 0 Å². The number of hydrogen-bond donors (Lipinski definition) is 1. The lowest BCUT2D eigenvalue weighted by atomic mass is 9.93. The van der Waals surface area contributed by atoms with Gasteiger partial charge in [0.05, 0.1) is 0 Å². The highest BCUT2D eigenvalue weighted by Crippen LogP contribution is 2.22. The minimum Gasteiger partial charge on any atom is -0.326 e. The van der Waals surface area contributed by atoms with Gasteiger partial charge in [0.15, 0.2) is 0 Å². The normalized spacial score (nSPS) is 19.1. The predicted octanol–water partition coefficient (Wildman–Crippen LogP) is 3.43. The molecular weight excluding hydrogens is 217 g/mol. The number of rotatable bonds is 2. The summed E-state index contributed by atoms with van der Waals surface area (Å²) in [7, 11) is 0. The Morgan fingerprint density at radius 2 is 2.24 bits per heavy atom. The largest absolute Gasteiger partial charge is 0.326 e. The highest BCUT2D eigenvalue weighted by atomic mass is 19.1. The lowest BCUT2D eigenvalue weighted by molar-refractivity contribution is -0.120. The van der Waals surface area contributed by atoms with Crippen molar-refractivity contribution in [3.63, 3.8) is 0 Å². The van der Waals surface area contributed by atoms with Crippen LogP contribution in [-0.4, -0.2) is 5.91 Å². The number of aryl methyl sites for hydroxylation is 1. The Balaban J connectivity index is 2.05. The molecule has 0 saturated carbocycles. The molecule has 17 heavy (non-hydrogen) atoms. The molecule has 0 fully saturated rings. The summed E-state index contributed by atoms with van der Waals surface area (Å²) in [4.78, 5) is 12.0. The summed E-state index contributed by atoms with van der Waals surface area (Å²) < 4.78 is 12.9. The van der Waals surface area contributed by atoms with E-state index in [9.17, 15) is 9.18 Å². The minimum atomic E-state index is -0.277. The van der Waals surface area contributed by atoms with E-state index in [0.717, 1.165) is 24.8 Å². The van der Waals surface area contributed by atoms with Crippen LogP contribution >= 0.6 is 0 Å². The molecule has 0 unspecified atom stereocenters. The van der Waals surface area contributed by atoms with Crippen molar-refractivity contribution in [2.24, 2.45) is 5.92 Å². The maximum atomic E-state index is 12.9. The zero-order chi connectivity index (χ0) is 12.3. The van der Waals surface area contributed by atoms with E-state index >= 15 is 0 Å². The van der Waals surface area contributed by atoms with Crippen molar-refractivity contribution in [3.8, 4) is 0 Å². The fraction of sp³-hybridized carbons (Fsp3) is 0.357. The summed E-state index contributed by atoms with van der Waals surface area (Å²) >= 11 is 0. The molecule has 3 heteroatoms. The van der Waals surface area contributed by atoms with Crippen molar-refractivity contribution in [1.82, 2.24) is 0 Å². The number of benzene rings is 1. The van der Waals surface area contributed by atoms with Gasteiger partial charge in [0, 0.05) is 11.6 Å². The van der Waals surface area contributed by atoms with Crippen LogP contribution in [0, 0.1) is 18.7 Å². The molecule has 1 N–H and O–H groups in total. The average Bonchev–Trinajstić information content (AvgIpc) is 2.34. The molecule has 2 rings (SSSR count). The number of amides is 1. The van der Waals surface area contributed by atoms with Crippen LogP contribution in [0.25, 0.3) is 0 Å². The van der Waals surface area contributed by atoms with E-state index in [2.05, 4.69) is 11.4 Å². The SMILES string of the molecule is Cc1cc(F)ccc1NC(=O)[C@H]1CC=CCC1. The Bertz CT molecular complexity index is 454. The van der Waals surface area contributed by atoms with Crippen molar-refractivity contribution in [1.29, 1.82) is 0 Å². The molecule has 0 spiro atoms. The third-order valence-corrected chi connectivity index (χ3v) is 3.09. The lowest BCUT2D eigenvalue weighted by Crippen LogP contribution is -2.23. The maximum Gasteiger partial charge on any atom is 0.227 e. The van der Waals surface area contributed by atoms with Crippen LogP contribution in [0.2, 0.25) is 0 Å². The van der Waals surface area contributed by atoms with Crippen molar-refractivity contribution in [2.45, 2.75) is 26.2 Å². The molecule has 1 aliphatic rings. The van der Waals surface area contributed by atoms with E-state index in [4.69, 9.17) is 0 Å². The van der Waals surface area contributed by atoms with Crippen LogP contribution in [0.5, 0.6) is 0 Å². The molecule has 1 atom stereocenters. The standard InChI is InChI=1S/C14H16FNO/c1-10-9-12(15)7-8-13(10)16-14(17)11-5-3-2-4-6-11/h2-3,7-9,11H,4-6H2,1H3,(H,16,17)/t11-/m0/s1. The van der Waals surface area contributed by atoms with Crippen LogP contribution in [-0.2, 0) is 4.79 Å². The molecule has 1 aromatic carbocycles. The zero-order valence-corrected chi connectivity index (χ0v) is 9.87. The average molecular weight is 233 g/mol. The van der Waals surface area contributed by atoms with Gasteiger partial charge in [0.2, 0.25) is 5.91 Å². The predicted molar refractivity (Wildman–Crippen MR) is 66.2 cm³/mol. The van der Waals surface area contributed by atoms with E-state index < -0.39 is 0 Å². The van der Waals surface area contributed by atoms with Gasteiger partial charge >= 0.3 is 0 Å². The van der Waals surface area contributed by atoms with Gasteiger partial charge in [-0.3, -0.25) is 4.79 Å². The van der Waals surface area contributed by atoms with Crippen molar-refractivity contribution >= 4 is 11.6 Å². The van der Waals surface area contributed by atoms with Gasteiger partial charge in [-0.15, -0.1) is 0 Å². The van der Waals surface area contributed by atoms with E-state index in [-0.39, 0.29) is 17.6 Å².